The number of hydrogen-bond acceptors (Lipinski definition) is 5. The van der Waals surface area contributed by atoms with Crippen molar-refractivity contribution >= 4 is 39.0 Å². The molecule has 0 spiro atoms. The third-order valence-electron chi connectivity index (χ3n) is 2.22. The molecule has 0 unspecified atom stereocenters. The number of benzene rings is 1. The molecular formula is C11H6Cl2N4O2S. The van der Waals surface area contributed by atoms with Crippen LogP contribution in [0.3, 0.4) is 0 Å². The normalized spacial score (nSPS) is 10.8. The maximum Gasteiger partial charge on any atom is 0.264 e. The molecule has 1 heterocycles. The van der Waals surface area contributed by atoms with Crippen molar-refractivity contribution in [2.45, 2.75) is 4.90 Å². The van der Waals surface area contributed by atoms with E-state index in [2.05, 4.69) is 14.9 Å². The summed E-state index contributed by atoms with van der Waals surface area (Å²) in [4.78, 5) is -0.232. The number of sulfonamides is 1. The van der Waals surface area contributed by atoms with Gasteiger partial charge in [-0.25, -0.2) is 8.42 Å². The van der Waals surface area contributed by atoms with Gasteiger partial charge in [-0.05, 0) is 30.3 Å². The SMILES string of the molecule is N#Cc1ccc(Cl)cc1S(=O)(=O)Nc1ccc(Cl)nn1. The van der Waals surface area contributed by atoms with E-state index in [4.69, 9.17) is 28.5 Å². The van der Waals surface area contributed by atoms with Crippen LogP contribution in [0.5, 0.6) is 0 Å². The molecule has 0 saturated heterocycles. The Kier molecular flexibility index (Phi) is 4.09. The summed E-state index contributed by atoms with van der Waals surface area (Å²) in [7, 11) is -3.99. The summed E-state index contributed by atoms with van der Waals surface area (Å²) in [5.74, 6) is -0.0155. The second kappa shape index (κ2) is 5.63. The summed E-state index contributed by atoms with van der Waals surface area (Å²) in [5.41, 5.74) is -0.0242. The number of anilines is 1. The first kappa shape index (κ1) is 14.5. The van der Waals surface area contributed by atoms with Gasteiger partial charge < -0.3 is 0 Å². The Labute approximate surface area is 125 Å². The van der Waals surface area contributed by atoms with Gasteiger partial charge in [-0.15, -0.1) is 10.2 Å². The largest absolute Gasteiger partial charge is 0.264 e. The minimum Gasteiger partial charge on any atom is -0.262 e. The van der Waals surface area contributed by atoms with Gasteiger partial charge in [-0.1, -0.05) is 23.2 Å². The van der Waals surface area contributed by atoms with Gasteiger partial charge in [-0.2, -0.15) is 5.26 Å². The van der Waals surface area contributed by atoms with Crippen molar-refractivity contribution < 1.29 is 8.42 Å². The number of hydrogen-bond donors (Lipinski definition) is 1. The lowest BCUT2D eigenvalue weighted by Crippen LogP contribution is -2.15. The highest BCUT2D eigenvalue weighted by molar-refractivity contribution is 7.92. The van der Waals surface area contributed by atoms with Crippen LogP contribution in [0, 0.1) is 11.3 Å². The van der Waals surface area contributed by atoms with E-state index >= 15 is 0 Å². The van der Waals surface area contributed by atoms with Gasteiger partial charge in [0.05, 0.1) is 5.56 Å². The Morgan fingerprint density at radius 1 is 1.15 bits per heavy atom. The highest BCUT2D eigenvalue weighted by Gasteiger charge is 2.20. The molecule has 0 bridgehead atoms. The number of aromatic nitrogens is 2. The van der Waals surface area contributed by atoms with Gasteiger partial charge >= 0.3 is 0 Å². The average Bonchev–Trinajstić information content (AvgIpc) is 2.41. The van der Waals surface area contributed by atoms with E-state index in [-0.39, 0.29) is 26.5 Å². The van der Waals surface area contributed by atoms with Crippen molar-refractivity contribution in [3.63, 3.8) is 0 Å². The molecule has 0 aliphatic heterocycles. The number of nitriles is 1. The summed E-state index contributed by atoms with van der Waals surface area (Å²) in [6.07, 6.45) is 0. The fraction of sp³-hybridized carbons (Fsp3) is 0. The van der Waals surface area contributed by atoms with Crippen LogP contribution >= 0.6 is 23.2 Å². The second-order valence-electron chi connectivity index (χ2n) is 3.60. The lowest BCUT2D eigenvalue weighted by atomic mass is 10.2. The number of nitrogens with one attached hydrogen (secondary N) is 1. The monoisotopic (exact) mass is 328 g/mol. The standard InChI is InChI=1S/C11H6Cl2N4O2S/c12-8-2-1-7(6-14)9(5-8)20(18,19)17-11-4-3-10(13)15-16-11/h1-5H,(H,16,17). The van der Waals surface area contributed by atoms with Gasteiger partial charge in [0.15, 0.2) is 11.0 Å². The molecule has 0 amide bonds. The van der Waals surface area contributed by atoms with E-state index in [1.807, 2.05) is 0 Å². The third kappa shape index (κ3) is 3.17. The van der Waals surface area contributed by atoms with Gasteiger partial charge in [0.25, 0.3) is 10.0 Å². The minimum atomic E-state index is -3.99. The quantitative estimate of drug-likeness (QED) is 0.933. The lowest BCUT2D eigenvalue weighted by Gasteiger charge is -2.08. The number of rotatable bonds is 3. The Balaban J connectivity index is 2.43. The molecule has 0 aliphatic rings. The zero-order chi connectivity index (χ0) is 14.8. The van der Waals surface area contributed by atoms with E-state index < -0.39 is 10.0 Å². The van der Waals surface area contributed by atoms with Crippen molar-refractivity contribution in [1.29, 1.82) is 5.26 Å². The summed E-state index contributed by atoms with van der Waals surface area (Å²) >= 11 is 11.3. The summed E-state index contributed by atoms with van der Waals surface area (Å²) in [6.45, 7) is 0. The fourth-order valence-electron chi connectivity index (χ4n) is 1.37. The first-order valence-corrected chi connectivity index (χ1v) is 7.38. The smallest absolute Gasteiger partial charge is 0.262 e. The molecule has 2 rings (SSSR count). The number of halogens is 2. The van der Waals surface area contributed by atoms with Crippen molar-refractivity contribution in [3.05, 3.63) is 46.1 Å². The Hall–Kier alpha value is -1.88. The first-order valence-electron chi connectivity index (χ1n) is 5.14. The van der Waals surface area contributed by atoms with E-state index in [0.717, 1.165) is 0 Å². The van der Waals surface area contributed by atoms with Crippen LogP contribution in [0.4, 0.5) is 5.82 Å². The van der Waals surface area contributed by atoms with Crippen LogP contribution in [0.15, 0.2) is 35.2 Å². The van der Waals surface area contributed by atoms with Crippen molar-refractivity contribution in [2.75, 3.05) is 4.72 Å². The zero-order valence-corrected chi connectivity index (χ0v) is 12.0. The van der Waals surface area contributed by atoms with Gasteiger partial charge in [-0.3, -0.25) is 4.72 Å². The van der Waals surface area contributed by atoms with Crippen LogP contribution in [0.1, 0.15) is 5.56 Å². The van der Waals surface area contributed by atoms with E-state index in [9.17, 15) is 8.42 Å². The Morgan fingerprint density at radius 2 is 1.90 bits per heavy atom. The van der Waals surface area contributed by atoms with Crippen LogP contribution in [-0.2, 0) is 10.0 Å². The molecule has 1 N–H and O–H groups in total. The lowest BCUT2D eigenvalue weighted by molar-refractivity contribution is 0.600. The molecule has 6 nitrogen and oxygen atoms in total. The van der Waals surface area contributed by atoms with Crippen molar-refractivity contribution in [3.8, 4) is 6.07 Å². The topological polar surface area (TPSA) is 95.7 Å². The zero-order valence-electron chi connectivity index (χ0n) is 9.71. The van der Waals surface area contributed by atoms with E-state index in [1.54, 1.807) is 6.07 Å². The maximum atomic E-state index is 12.2. The molecule has 20 heavy (non-hydrogen) atoms. The van der Waals surface area contributed by atoms with Crippen LogP contribution in [-0.4, -0.2) is 18.6 Å². The molecule has 0 fully saturated rings. The number of nitrogens with zero attached hydrogens (tertiary/aromatic N) is 3. The molecule has 102 valence electrons. The molecule has 0 saturated carbocycles. The molecule has 9 heteroatoms. The predicted molar refractivity (Wildman–Crippen MR) is 74.0 cm³/mol. The van der Waals surface area contributed by atoms with E-state index in [0.29, 0.717) is 0 Å². The molecule has 0 aliphatic carbocycles. The van der Waals surface area contributed by atoms with Crippen molar-refractivity contribution in [1.82, 2.24) is 10.2 Å². The molecule has 0 atom stereocenters. The average molecular weight is 329 g/mol. The highest BCUT2D eigenvalue weighted by atomic mass is 35.5. The maximum absolute atomic E-state index is 12.2. The van der Waals surface area contributed by atoms with Crippen LogP contribution in [0.2, 0.25) is 10.2 Å². The van der Waals surface area contributed by atoms with Gasteiger partial charge in [0, 0.05) is 5.02 Å². The Morgan fingerprint density at radius 3 is 2.50 bits per heavy atom. The Bertz CT molecular complexity index is 785. The summed E-state index contributed by atoms with van der Waals surface area (Å²) in [6, 6.07) is 8.47. The minimum absolute atomic E-state index is 0.0155. The van der Waals surface area contributed by atoms with Gasteiger partial charge in [0.2, 0.25) is 0 Å². The predicted octanol–water partition coefficient (Wildman–Crippen LogP) is 2.46. The molecular weight excluding hydrogens is 323 g/mol. The van der Waals surface area contributed by atoms with E-state index in [1.165, 1.54) is 30.3 Å². The second-order valence-corrected chi connectivity index (χ2v) is 6.07. The molecule has 1 aromatic heterocycles. The molecule has 2 aromatic rings. The van der Waals surface area contributed by atoms with Crippen molar-refractivity contribution in [2.24, 2.45) is 0 Å². The first-order chi connectivity index (χ1) is 9.42. The fourth-order valence-corrected chi connectivity index (χ4v) is 2.89. The highest BCUT2D eigenvalue weighted by Crippen LogP contribution is 2.22. The third-order valence-corrected chi connectivity index (χ3v) is 4.06. The summed E-state index contributed by atoms with van der Waals surface area (Å²) < 4.78 is 26.6. The van der Waals surface area contributed by atoms with Crippen LogP contribution in [0.25, 0.3) is 0 Å². The summed E-state index contributed by atoms with van der Waals surface area (Å²) in [5, 5.41) is 16.4. The molecule has 0 radical (unpaired) electrons. The van der Waals surface area contributed by atoms with Gasteiger partial charge in [0.1, 0.15) is 11.0 Å². The van der Waals surface area contributed by atoms with Crippen LogP contribution < -0.4 is 4.72 Å². The molecule has 1 aromatic carbocycles.